The van der Waals surface area contributed by atoms with Crippen LogP contribution in [0.2, 0.25) is 0 Å². The zero-order valence-electron chi connectivity index (χ0n) is 14.0. The third kappa shape index (κ3) is 13.0. The standard InChI is InChI=1S/C17H34O5/c1-2-3-4-5-6-7-8-9-10-11-12-13-16(20)22-17(21)15(19)14-18/h15,17-19,21H,2-14H2,1H3. The van der Waals surface area contributed by atoms with Crippen LogP contribution in [0.15, 0.2) is 0 Å². The summed E-state index contributed by atoms with van der Waals surface area (Å²) in [7, 11) is 0. The fourth-order valence-electron chi connectivity index (χ4n) is 2.30. The molecule has 0 rings (SSSR count). The summed E-state index contributed by atoms with van der Waals surface area (Å²) in [6, 6.07) is 0. The van der Waals surface area contributed by atoms with Gasteiger partial charge in [0.25, 0.3) is 0 Å². The highest BCUT2D eigenvalue weighted by Crippen LogP contribution is 2.12. The van der Waals surface area contributed by atoms with Gasteiger partial charge < -0.3 is 20.1 Å². The van der Waals surface area contributed by atoms with Crippen molar-refractivity contribution in [2.45, 2.75) is 96.4 Å². The number of aliphatic hydroxyl groups excluding tert-OH is 3. The Balaban J connectivity index is 3.30. The maximum Gasteiger partial charge on any atom is 0.308 e. The summed E-state index contributed by atoms with van der Waals surface area (Å²) in [6.45, 7) is 1.60. The molecule has 0 aliphatic carbocycles. The molecule has 0 aliphatic heterocycles. The number of ether oxygens (including phenoxy) is 1. The first-order valence-electron chi connectivity index (χ1n) is 8.78. The lowest BCUT2D eigenvalue weighted by molar-refractivity contribution is -0.190. The monoisotopic (exact) mass is 318 g/mol. The molecule has 3 N–H and O–H groups in total. The fraction of sp³-hybridized carbons (Fsp3) is 0.941. The predicted octanol–water partition coefficient (Wildman–Crippen LogP) is 2.90. The summed E-state index contributed by atoms with van der Waals surface area (Å²) in [6.07, 6.45) is 10.4. The van der Waals surface area contributed by atoms with Gasteiger partial charge in [-0.05, 0) is 6.42 Å². The molecule has 0 fully saturated rings. The Hall–Kier alpha value is -0.650. The van der Waals surface area contributed by atoms with Gasteiger partial charge in [-0.2, -0.15) is 0 Å². The van der Waals surface area contributed by atoms with Gasteiger partial charge in [0.15, 0.2) is 0 Å². The molecule has 0 aromatic carbocycles. The van der Waals surface area contributed by atoms with Crippen LogP contribution in [-0.2, 0) is 9.53 Å². The van der Waals surface area contributed by atoms with Crippen molar-refractivity contribution in [1.82, 2.24) is 0 Å². The van der Waals surface area contributed by atoms with Gasteiger partial charge in [-0.15, -0.1) is 0 Å². The summed E-state index contributed by atoms with van der Waals surface area (Å²) >= 11 is 0. The van der Waals surface area contributed by atoms with Crippen molar-refractivity contribution in [1.29, 1.82) is 0 Å². The smallest absolute Gasteiger partial charge is 0.308 e. The Morgan fingerprint density at radius 1 is 0.864 bits per heavy atom. The molecule has 2 atom stereocenters. The molecule has 0 radical (unpaired) electrons. The molecule has 0 aromatic rings. The van der Waals surface area contributed by atoms with Gasteiger partial charge in [-0.3, -0.25) is 4.79 Å². The fourth-order valence-corrected chi connectivity index (χ4v) is 2.30. The minimum Gasteiger partial charge on any atom is -0.433 e. The highest BCUT2D eigenvalue weighted by molar-refractivity contribution is 5.69. The summed E-state index contributed by atoms with van der Waals surface area (Å²) in [5.41, 5.74) is 0. The Morgan fingerprint density at radius 2 is 1.32 bits per heavy atom. The lowest BCUT2D eigenvalue weighted by Gasteiger charge is -2.15. The van der Waals surface area contributed by atoms with E-state index in [1.807, 2.05) is 0 Å². The van der Waals surface area contributed by atoms with E-state index in [1.54, 1.807) is 0 Å². The molecule has 0 amide bonds. The van der Waals surface area contributed by atoms with Gasteiger partial charge >= 0.3 is 5.97 Å². The Morgan fingerprint density at radius 3 is 1.77 bits per heavy atom. The van der Waals surface area contributed by atoms with Crippen molar-refractivity contribution in [3.63, 3.8) is 0 Å². The first kappa shape index (κ1) is 21.4. The third-order valence-corrected chi connectivity index (χ3v) is 3.75. The molecular formula is C17H34O5. The largest absolute Gasteiger partial charge is 0.433 e. The van der Waals surface area contributed by atoms with Crippen molar-refractivity contribution in [2.75, 3.05) is 6.61 Å². The van der Waals surface area contributed by atoms with Crippen LogP contribution < -0.4 is 0 Å². The highest BCUT2D eigenvalue weighted by atomic mass is 16.6. The quantitative estimate of drug-likeness (QED) is 0.245. The van der Waals surface area contributed by atoms with Gasteiger partial charge in [-0.25, -0.2) is 0 Å². The van der Waals surface area contributed by atoms with E-state index >= 15 is 0 Å². The van der Waals surface area contributed by atoms with E-state index in [0.717, 1.165) is 19.3 Å². The van der Waals surface area contributed by atoms with Crippen LogP contribution in [0.5, 0.6) is 0 Å². The summed E-state index contributed by atoms with van der Waals surface area (Å²) in [4.78, 5) is 11.4. The number of unbranched alkanes of at least 4 members (excludes halogenated alkanes) is 10. The SMILES string of the molecule is CCCCCCCCCCCCCC(=O)OC(O)C(O)CO. The van der Waals surface area contributed by atoms with Crippen LogP contribution in [-0.4, -0.2) is 40.3 Å². The molecule has 2 unspecified atom stereocenters. The van der Waals surface area contributed by atoms with E-state index < -0.39 is 25.0 Å². The topological polar surface area (TPSA) is 87.0 Å². The second kappa shape index (κ2) is 15.3. The molecule has 22 heavy (non-hydrogen) atoms. The summed E-state index contributed by atoms with van der Waals surface area (Å²) < 4.78 is 4.60. The van der Waals surface area contributed by atoms with Crippen LogP contribution in [0.4, 0.5) is 0 Å². The van der Waals surface area contributed by atoms with Crippen LogP contribution in [0.3, 0.4) is 0 Å². The molecule has 0 aliphatic rings. The molecule has 0 aromatic heterocycles. The van der Waals surface area contributed by atoms with E-state index in [2.05, 4.69) is 11.7 Å². The molecule has 0 saturated carbocycles. The Labute approximate surface area is 134 Å². The number of carbonyl (C=O) groups excluding carboxylic acids is 1. The van der Waals surface area contributed by atoms with Crippen LogP contribution in [0, 0.1) is 0 Å². The van der Waals surface area contributed by atoms with Crippen molar-refractivity contribution >= 4 is 5.97 Å². The van der Waals surface area contributed by atoms with E-state index in [9.17, 15) is 9.90 Å². The lowest BCUT2D eigenvalue weighted by Crippen LogP contribution is -2.33. The number of rotatable bonds is 15. The minimum absolute atomic E-state index is 0.242. The average molecular weight is 318 g/mol. The van der Waals surface area contributed by atoms with Crippen molar-refractivity contribution in [3.05, 3.63) is 0 Å². The number of carbonyl (C=O) groups is 1. The summed E-state index contributed by atoms with van der Waals surface area (Å²) in [5, 5.41) is 26.9. The normalized spacial score (nSPS) is 13.8. The van der Waals surface area contributed by atoms with Crippen molar-refractivity contribution in [3.8, 4) is 0 Å². The minimum atomic E-state index is -1.63. The number of hydrogen-bond donors (Lipinski definition) is 3. The van der Waals surface area contributed by atoms with E-state index in [-0.39, 0.29) is 6.42 Å². The number of esters is 1. The zero-order valence-corrected chi connectivity index (χ0v) is 14.0. The first-order valence-corrected chi connectivity index (χ1v) is 8.78. The molecular weight excluding hydrogens is 284 g/mol. The van der Waals surface area contributed by atoms with Crippen LogP contribution >= 0.6 is 0 Å². The Bertz CT molecular complexity index is 257. The van der Waals surface area contributed by atoms with Crippen LogP contribution in [0.25, 0.3) is 0 Å². The molecule has 0 spiro atoms. The van der Waals surface area contributed by atoms with Crippen LogP contribution in [0.1, 0.15) is 84.0 Å². The number of hydrogen-bond acceptors (Lipinski definition) is 5. The Kier molecular flexibility index (Phi) is 14.8. The van der Waals surface area contributed by atoms with E-state index in [4.69, 9.17) is 10.2 Å². The maximum atomic E-state index is 11.4. The van der Waals surface area contributed by atoms with Gasteiger partial charge in [-0.1, -0.05) is 71.1 Å². The van der Waals surface area contributed by atoms with E-state index in [1.165, 1.54) is 51.4 Å². The van der Waals surface area contributed by atoms with Gasteiger partial charge in [0, 0.05) is 6.42 Å². The van der Waals surface area contributed by atoms with Gasteiger partial charge in [0.2, 0.25) is 6.29 Å². The second-order valence-electron chi connectivity index (χ2n) is 5.92. The average Bonchev–Trinajstić information content (AvgIpc) is 2.51. The molecule has 0 bridgehead atoms. The van der Waals surface area contributed by atoms with Gasteiger partial charge in [0.1, 0.15) is 6.10 Å². The molecule has 0 heterocycles. The summed E-state index contributed by atoms with van der Waals surface area (Å²) in [5.74, 6) is -0.532. The van der Waals surface area contributed by atoms with Gasteiger partial charge in [0.05, 0.1) is 6.61 Å². The first-order chi connectivity index (χ1) is 10.6. The third-order valence-electron chi connectivity index (χ3n) is 3.75. The molecule has 5 nitrogen and oxygen atoms in total. The second-order valence-corrected chi connectivity index (χ2v) is 5.92. The zero-order chi connectivity index (χ0) is 16.6. The molecule has 5 heteroatoms. The van der Waals surface area contributed by atoms with Crippen molar-refractivity contribution in [2.24, 2.45) is 0 Å². The lowest BCUT2D eigenvalue weighted by atomic mass is 10.1. The molecule has 0 saturated heterocycles. The highest BCUT2D eigenvalue weighted by Gasteiger charge is 2.19. The predicted molar refractivity (Wildman–Crippen MR) is 86.3 cm³/mol. The van der Waals surface area contributed by atoms with Crippen molar-refractivity contribution < 1.29 is 24.9 Å². The molecule has 132 valence electrons. The maximum absolute atomic E-state index is 11.4. The van der Waals surface area contributed by atoms with E-state index in [0.29, 0.717) is 0 Å². The number of aliphatic hydroxyl groups is 3.